The van der Waals surface area contributed by atoms with Crippen molar-refractivity contribution in [2.24, 2.45) is 0 Å². The molecule has 0 bridgehead atoms. The van der Waals surface area contributed by atoms with Crippen LogP contribution in [0.3, 0.4) is 0 Å². The van der Waals surface area contributed by atoms with Crippen LogP contribution in [0.15, 0.2) is 53.2 Å². The molecule has 0 aromatic carbocycles. The molecule has 0 aliphatic carbocycles. The van der Waals surface area contributed by atoms with Crippen molar-refractivity contribution in [1.29, 1.82) is 0 Å². The van der Waals surface area contributed by atoms with Gasteiger partial charge in [-0.25, -0.2) is 9.97 Å². The van der Waals surface area contributed by atoms with E-state index in [0.29, 0.717) is 37.8 Å². The second-order valence-corrected chi connectivity index (χ2v) is 6.65. The minimum atomic E-state index is -0.451. The summed E-state index contributed by atoms with van der Waals surface area (Å²) in [5, 5.41) is 6.33. The second-order valence-electron chi connectivity index (χ2n) is 6.65. The predicted molar refractivity (Wildman–Crippen MR) is 106 cm³/mol. The van der Waals surface area contributed by atoms with Crippen LogP contribution in [0.25, 0.3) is 0 Å². The lowest BCUT2D eigenvalue weighted by atomic mass is 10.2. The normalized spacial score (nSPS) is 14.0. The quantitative estimate of drug-likeness (QED) is 0.724. The van der Waals surface area contributed by atoms with Crippen molar-refractivity contribution in [3.8, 4) is 0 Å². The topological polar surface area (TPSA) is 104 Å². The van der Waals surface area contributed by atoms with Crippen molar-refractivity contribution in [3.05, 3.63) is 65.8 Å². The first-order valence-corrected chi connectivity index (χ1v) is 9.27. The summed E-state index contributed by atoms with van der Waals surface area (Å²) < 4.78 is 4.93. The fraction of sp³-hybridized carbons (Fsp3) is 0.250. The summed E-state index contributed by atoms with van der Waals surface area (Å²) in [6.45, 7) is 4.23. The molecule has 9 heteroatoms. The van der Waals surface area contributed by atoms with Crippen LogP contribution in [0.5, 0.6) is 0 Å². The number of hydrogen-bond acceptors (Lipinski definition) is 7. The summed E-state index contributed by atoms with van der Waals surface area (Å²) >= 11 is 0. The highest BCUT2D eigenvalue weighted by Crippen LogP contribution is 2.15. The smallest absolute Gasteiger partial charge is 0.275 e. The number of aryl methyl sites for hydroxylation is 1. The van der Waals surface area contributed by atoms with Gasteiger partial charge in [0, 0.05) is 38.4 Å². The van der Waals surface area contributed by atoms with Gasteiger partial charge in [0.05, 0.1) is 0 Å². The van der Waals surface area contributed by atoms with Gasteiger partial charge in [0.2, 0.25) is 0 Å². The third kappa shape index (κ3) is 4.23. The van der Waals surface area contributed by atoms with Gasteiger partial charge in [-0.15, -0.1) is 0 Å². The van der Waals surface area contributed by atoms with Gasteiger partial charge in [-0.2, -0.15) is 0 Å². The van der Waals surface area contributed by atoms with E-state index in [1.165, 1.54) is 0 Å². The molecular formula is C20H20N6O3. The lowest BCUT2D eigenvalue weighted by Crippen LogP contribution is -2.49. The molecule has 4 rings (SSSR count). The Kier molecular flexibility index (Phi) is 5.19. The Morgan fingerprint density at radius 2 is 1.83 bits per heavy atom. The van der Waals surface area contributed by atoms with Gasteiger partial charge < -0.3 is 19.6 Å². The Labute approximate surface area is 167 Å². The molecule has 0 unspecified atom stereocenters. The molecule has 1 N–H and O–H groups in total. The van der Waals surface area contributed by atoms with E-state index < -0.39 is 5.91 Å². The van der Waals surface area contributed by atoms with Gasteiger partial charge in [-0.3, -0.25) is 9.59 Å². The molecule has 0 radical (unpaired) electrons. The molecule has 1 saturated heterocycles. The van der Waals surface area contributed by atoms with E-state index in [-0.39, 0.29) is 17.3 Å². The van der Waals surface area contributed by atoms with Crippen LogP contribution in [0.2, 0.25) is 0 Å². The number of amides is 2. The van der Waals surface area contributed by atoms with E-state index in [9.17, 15) is 9.59 Å². The minimum absolute atomic E-state index is 0.142. The largest absolute Gasteiger partial charge is 0.360 e. The number of carbonyl (C=O) groups excluding carboxylic acids is 2. The number of anilines is 2. The number of carbonyl (C=O) groups is 2. The third-order valence-corrected chi connectivity index (χ3v) is 4.61. The molecule has 1 aliphatic rings. The molecule has 9 nitrogen and oxygen atoms in total. The maximum Gasteiger partial charge on any atom is 0.275 e. The maximum absolute atomic E-state index is 12.8. The molecule has 29 heavy (non-hydrogen) atoms. The Bertz CT molecular complexity index is 1010. The van der Waals surface area contributed by atoms with Gasteiger partial charge in [-0.05, 0) is 31.2 Å². The molecule has 148 valence electrons. The highest BCUT2D eigenvalue weighted by Gasteiger charge is 2.24. The van der Waals surface area contributed by atoms with E-state index in [1.54, 1.807) is 42.3 Å². The zero-order chi connectivity index (χ0) is 20.2. The predicted octanol–water partition coefficient (Wildman–Crippen LogP) is 1.99. The van der Waals surface area contributed by atoms with Crippen molar-refractivity contribution in [1.82, 2.24) is 20.0 Å². The Balaban J connectivity index is 1.40. The van der Waals surface area contributed by atoms with Crippen LogP contribution in [0, 0.1) is 6.92 Å². The van der Waals surface area contributed by atoms with E-state index in [2.05, 4.69) is 25.3 Å². The number of nitrogens with one attached hydrogen (secondary N) is 1. The molecule has 0 atom stereocenters. The van der Waals surface area contributed by atoms with Gasteiger partial charge in [0.1, 0.15) is 23.0 Å². The highest BCUT2D eigenvalue weighted by molar-refractivity contribution is 6.03. The van der Waals surface area contributed by atoms with Crippen molar-refractivity contribution < 1.29 is 14.1 Å². The fourth-order valence-corrected chi connectivity index (χ4v) is 3.13. The van der Waals surface area contributed by atoms with Crippen molar-refractivity contribution in [3.63, 3.8) is 0 Å². The summed E-state index contributed by atoms with van der Waals surface area (Å²) in [5.41, 5.74) is 0.379. The highest BCUT2D eigenvalue weighted by atomic mass is 16.5. The molecular weight excluding hydrogens is 372 g/mol. The number of hydrogen-bond donors (Lipinski definition) is 1. The second kappa shape index (κ2) is 8.09. The van der Waals surface area contributed by atoms with Crippen LogP contribution in [0.1, 0.15) is 26.7 Å². The van der Waals surface area contributed by atoms with E-state index in [0.717, 1.165) is 5.82 Å². The van der Waals surface area contributed by atoms with Crippen molar-refractivity contribution in [2.45, 2.75) is 6.92 Å². The fourth-order valence-electron chi connectivity index (χ4n) is 3.13. The molecule has 0 saturated carbocycles. The summed E-state index contributed by atoms with van der Waals surface area (Å²) in [4.78, 5) is 37.7. The lowest BCUT2D eigenvalue weighted by molar-refractivity contribution is 0.0740. The summed E-state index contributed by atoms with van der Waals surface area (Å²) in [6, 6.07) is 12.2. The molecule has 3 aromatic heterocycles. The molecule has 1 aliphatic heterocycles. The van der Waals surface area contributed by atoms with E-state index in [1.807, 2.05) is 18.2 Å². The zero-order valence-corrected chi connectivity index (χ0v) is 15.9. The van der Waals surface area contributed by atoms with Crippen LogP contribution in [-0.4, -0.2) is 58.0 Å². The average molecular weight is 392 g/mol. The SMILES string of the molecule is Cc1cc(NC(=O)c2cccc(C(=O)N3CCN(c4ccccn4)CC3)n2)no1. The summed E-state index contributed by atoms with van der Waals surface area (Å²) in [6.07, 6.45) is 1.76. The number of nitrogens with zero attached hydrogens (tertiary/aromatic N) is 5. The van der Waals surface area contributed by atoms with Crippen molar-refractivity contribution >= 4 is 23.5 Å². The molecule has 4 heterocycles. The first-order valence-electron chi connectivity index (χ1n) is 9.27. The maximum atomic E-state index is 12.8. The first-order chi connectivity index (χ1) is 14.1. The van der Waals surface area contributed by atoms with E-state index in [4.69, 9.17) is 4.52 Å². The van der Waals surface area contributed by atoms with Crippen LogP contribution in [-0.2, 0) is 0 Å². The molecule has 0 spiro atoms. The van der Waals surface area contributed by atoms with Gasteiger partial charge in [0.25, 0.3) is 11.8 Å². The number of rotatable bonds is 4. The summed E-state index contributed by atoms with van der Waals surface area (Å²) in [7, 11) is 0. The minimum Gasteiger partial charge on any atom is -0.360 e. The average Bonchev–Trinajstić information content (AvgIpc) is 3.18. The van der Waals surface area contributed by atoms with Gasteiger partial charge in [-0.1, -0.05) is 17.3 Å². The molecule has 2 amide bonds. The van der Waals surface area contributed by atoms with Gasteiger partial charge in [0.15, 0.2) is 5.82 Å². The third-order valence-electron chi connectivity index (χ3n) is 4.61. The Morgan fingerprint density at radius 3 is 2.52 bits per heavy atom. The number of aromatic nitrogens is 3. The van der Waals surface area contributed by atoms with Gasteiger partial charge >= 0.3 is 0 Å². The van der Waals surface area contributed by atoms with Crippen LogP contribution >= 0.6 is 0 Å². The van der Waals surface area contributed by atoms with E-state index >= 15 is 0 Å². The Hall–Kier alpha value is -3.75. The van der Waals surface area contributed by atoms with Crippen molar-refractivity contribution in [2.75, 3.05) is 36.4 Å². The lowest BCUT2D eigenvalue weighted by Gasteiger charge is -2.35. The standard InChI is InChI=1S/C20H20N6O3/c1-14-13-17(24-29-14)23-19(27)15-5-4-6-16(22-15)20(28)26-11-9-25(10-12-26)18-7-2-3-8-21-18/h2-8,13H,9-12H2,1H3,(H,23,24,27). The molecule has 1 fully saturated rings. The first kappa shape index (κ1) is 18.6. The van der Waals surface area contributed by atoms with Crippen LogP contribution < -0.4 is 10.2 Å². The molecule has 3 aromatic rings. The summed E-state index contributed by atoms with van der Waals surface area (Å²) in [5.74, 6) is 1.14. The number of piperazine rings is 1. The zero-order valence-electron chi connectivity index (χ0n) is 15.9. The van der Waals surface area contributed by atoms with Crippen LogP contribution in [0.4, 0.5) is 11.6 Å². The monoisotopic (exact) mass is 392 g/mol. The number of pyridine rings is 2. The Morgan fingerprint density at radius 1 is 1.03 bits per heavy atom.